The lowest BCUT2D eigenvalue weighted by molar-refractivity contribution is -0.384. The third-order valence-electron chi connectivity index (χ3n) is 4.57. The number of nitrogens with zero attached hydrogens (tertiary/aromatic N) is 2. The average Bonchev–Trinajstić information content (AvgIpc) is 3.39. The second-order valence-corrected chi connectivity index (χ2v) is 7.42. The predicted molar refractivity (Wildman–Crippen MR) is 104 cm³/mol. The largest absolute Gasteiger partial charge is 0.348 e. The van der Waals surface area contributed by atoms with Crippen LogP contribution in [0.2, 0.25) is 0 Å². The molecule has 6 nitrogen and oxygen atoms in total. The number of hydrogen-bond donors (Lipinski definition) is 1. The highest BCUT2D eigenvalue weighted by Gasteiger charge is 2.29. The first-order valence-corrected chi connectivity index (χ1v) is 9.55. The fourth-order valence-corrected chi connectivity index (χ4v) is 3.70. The van der Waals surface area contributed by atoms with Crippen molar-refractivity contribution in [2.45, 2.75) is 25.3 Å². The van der Waals surface area contributed by atoms with Crippen molar-refractivity contribution < 1.29 is 9.72 Å². The minimum absolute atomic E-state index is 0.0599. The van der Waals surface area contributed by atoms with Gasteiger partial charge in [0.25, 0.3) is 11.6 Å². The number of carbonyl (C=O) groups is 1. The minimum atomic E-state index is -0.467. The normalized spacial score (nSPS) is 13.3. The van der Waals surface area contributed by atoms with Gasteiger partial charge in [0, 0.05) is 41.4 Å². The maximum atomic E-state index is 12.7. The predicted octanol–water partition coefficient (Wildman–Crippen LogP) is 4.53. The molecule has 1 aromatic heterocycles. The molecule has 0 radical (unpaired) electrons. The summed E-state index contributed by atoms with van der Waals surface area (Å²) < 4.78 is 0. The summed E-state index contributed by atoms with van der Waals surface area (Å²) in [5.41, 5.74) is 3.20. The Balaban J connectivity index is 1.52. The van der Waals surface area contributed by atoms with Crippen molar-refractivity contribution in [3.63, 3.8) is 0 Å². The summed E-state index contributed by atoms with van der Waals surface area (Å²) in [6, 6.07) is 12.4. The number of carbonyl (C=O) groups excluding carboxylic acids is 1. The molecule has 1 amide bonds. The first-order valence-electron chi connectivity index (χ1n) is 8.67. The van der Waals surface area contributed by atoms with E-state index in [1.54, 1.807) is 23.6 Å². The van der Waals surface area contributed by atoms with Gasteiger partial charge in [0.1, 0.15) is 5.01 Å². The molecule has 7 heteroatoms. The molecule has 4 rings (SSSR count). The molecule has 136 valence electrons. The Morgan fingerprint density at radius 2 is 2.11 bits per heavy atom. The Hall–Kier alpha value is -3.06. The highest BCUT2D eigenvalue weighted by Crippen LogP contribution is 2.42. The number of aromatic nitrogens is 1. The third-order valence-corrected chi connectivity index (χ3v) is 5.39. The van der Waals surface area contributed by atoms with Gasteiger partial charge in [0.15, 0.2) is 0 Å². The summed E-state index contributed by atoms with van der Waals surface area (Å²) in [6.45, 7) is 0.352. The van der Waals surface area contributed by atoms with Crippen LogP contribution in [-0.2, 0) is 6.54 Å². The van der Waals surface area contributed by atoms with Gasteiger partial charge in [0.2, 0.25) is 0 Å². The monoisotopic (exact) mass is 379 g/mol. The summed E-state index contributed by atoms with van der Waals surface area (Å²) >= 11 is 1.56. The lowest BCUT2D eigenvalue weighted by Crippen LogP contribution is -2.24. The number of nitro groups is 1. The van der Waals surface area contributed by atoms with Gasteiger partial charge in [-0.1, -0.05) is 24.3 Å². The molecule has 0 atom stereocenters. The summed E-state index contributed by atoms with van der Waals surface area (Å²) in [4.78, 5) is 27.6. The van der Waals surface area contributed by atoms with E-state index in [0.717, 1.165) is 34.5 Å². The maximum absolute atomic E-state index is 12.7. The van der Waals surface area contributed by atoms with Gasteiger partial charge >= 0.3 is 0 Å². The summed E-state index contributed by atoms with van der Waals surface area (Å²) in [7, 11) is 0. The van der Waals surface area contributed by atoms with E-state index in [1.807, 2.05) is 29.6 Å². The second-order valence-electron chi connectivity index (χ2n) is 6.52. The fraction of sp³-hybridized carbons (Fsp3) is 0.200. The van der Waals surface area contributed by atoms with Crippen LogP contribution in [0.15, 0.2) is 54.0 Å². The summed E-state index contributed by atoms with van der Waals surface area (Å²) in [5, 5.41) is 16.8. The molecule has 1 heterocycles. The molecule has 27 heavy (non-hydrogen) atoms. The molecule has 0 saturated heterocycles. The van der Waals surface area contributed by atoms with Crippen LogP contribution in [0.1, 0.15) is 40.2 Å². The van der Waals surface area contributed by atoms with Gasteiger partial charge < -0.3 is 5.32 Å². The summed E-state index contributed by atoms with van der Waals surface area (Å²) in [5.74, 6) is 0.0556. The zero-order valence-electron chi connectivity index (χ0n) is 14.4. The Kier molecular flexibility index (Phi) is 4.68. The molecule has 1 N–H and O–H groups in total. The van der Waals surface area contributed by atoms with Crippen molar-refractivity contribution in [3.05, 3.63) is 80.8 Å². The molecule has 0 aliphatic heterocycles. The lowest BCUT2D eigenvalue weighted by Gasteiger charge is -2.10. The number of benzene rings is 2. The minimum Gasteiger partial charge on any atom is -0.348 e. The van der Waals surface area contributed by atoms with Gasteiger partial charge in [0.05, 0.1) is 4.92 Å². The Morgan fingerprint density at radius 1 is 1.26 bits per heavy atom. The molecule has 1 saturated carbocycles. The van der Waals surface area contributed by atoms with E-state index in [9.17, 15) is 14.9 Å². The zero-order chi connectivity index (χ0) is 18.8. The van der Waals surface area contributed by atoms with Crippen molar-refractivity contribution >= 4 is 22.9 Å². The van der Waals surface area contributed by atoms with Crippen LogP contribution < -0.4 is 5.32 Å². The first kappa shape index (κ1) is 17.4. The highest BCUT2D eigenvalue weighted by atomic mass is 32.1. The van der Waals surface area contributed by atoms with Crippen LogP contribution in [0, 0.1) is 10.1 Å². The SMILES string of the molecule is O=C(NCc1cccc(-c2nccs2)c1)c1cc([N+](=O)[O-])ccc1C1CC1. The van der Waals surface area contributed by atoms with E-state index < -0.39 is 4.92 Å². The first-order chi connectivity index (χ1) is 13.1. The van der Waals surface area contributed by atoms with Gasteiger partial charge in [-0.3, -0.25) is 14.9 Å². The van der Waals surface area contributed by atoms with Gasteiger partial charge in [-0.25, -0.2) is 4.98 Å². The van der Waals surface area contributed by atoms with Crippen LogP contribution in [0.4, 0.5) is 5.69 Å². The molecule has 3 aromatic rings. The molecule has 0 bridgehead atoms. The van der Waals surface area contributed by atoms with Crippen molar-refractivity contribution in [3.8, 4) is 10.6 Å². The quantitative estimate of drug-likeness (QED) is 0.504. The molecular weight excluding hydrogens is 362 g/mol. The Morgan fingerprint density at radius 3 is 2.81 bits per heavy atom. The number of hydrogen-bond acceptors (Lipinski definition) is 5. The van der Waals surface area contributed by atoms with Gasteiger partial charge in [-0.2, -0.15) is 0 Å². The van der Waals surface area contributed by atoms with Crippen LogP contribution in [0.5, 0.6) is 0 Å². The Labute approximate surface area is 160 Å². The zero-order valence-corrected chi connectivity index (χ0v) is 15.2. The number of nitro benzene ring substituents is 1. The summed E-state index contributed by atoms with van der Waals surface area (Å²) in [6.07, 6.45) is 3.80. The van der Waals surface area contributed by atoms with E-state index >= 15 is 0 Å². The average molecular weight is 379 g/mol. The van der Waals surface area contributed by atoms with Crippen LogP contribution in [0.3, 0.4) is 0 Å². The fourth-order valence-electron chi connectivity index (χ4n) is 3.06. The number of rotatable bonds is 6. The standard InChI is InChI=1S/C20H17N3O3S/c24-19(18-11-16(23(25)26)6-7-17(18)14-4-5-14)22-12-13-2-1-3-15(10-13)20-21-8-9-27-20/h1-3,6-11,14H,4-5,12H2,(H,22,24). The molecule has 2 aromatic carbocycles. The van der Waals surface area contributed by atoms with Crippen molar-refractivity contribution in [1.82, 2.24) is 10.3 Å². The maximum Gasteiger partial charge on any atom is 0.270 e. The molecule has 1 aliphatic rings. The molecule has 0 spiro atoms. The topological polar surface area (TPSA) is 85.1 Å². The highest BCUT2D eigenvalue weighted by molar-refractivity contribution is 7.13. The smallest absolute Gasteiger partial charge is 0.270 e. The number of amides is 1. The van der Waals surface area contributed by atoms with E-state index in [4.69, 9.17) is 0 Å². The second kappa shape index (κ2) is 7.28. The Bertz CT molecular complexity index is 997. The lowest BCUT2D eigenvalue weighted by atomic mass is 10.0. The number of nitrogens with one attached hydrogen (secondary N) is 1. The molecule has 1 fully saturated rings. The van der Waals surface area contributed by atoms with E-state index in [0.29, 0.717) is 18.0 Å². The number of thiazole rings is 1. The van der Waals surface area contributed by atoms with E-state index in [1.165, 1.54) is 12.1 Å². The van der Waals surface area contributed by atoms with Crippen LogP contribution in [-0.4, -0.2) is 15.8 Å². The van der Waals surface area contributed by atoms with Crippen molar-refractivity contribution in [1.29, 1.82) is 0 Å². The molecule has 1 aliphatic carbocycles. The van der Waals surface area contributed by atoms with E-state index in [2.05, 4.69) is 10.3 Å². The van der Waals surface area contributed by atoms with Crippen molar-refractivity contribution in [2.75, 3.05) is 0 Å². The molecule has 0 unspecified atom stereocenters. The van der Waals surface area contributed by atoms with Crippen molar-refractivity contribution in [2.24, 2.45) is 0 Å². The van der Waals surface area contributed by atoms with Gasteiger partial charge in [-0.05, 0) is 36.0 Å². The number of non-ortho nitro benzene ring substituents is 1. The third kappa shape index (κ3) is 3.88. The van der Waals surface area contributed by atoms with Crippen LogP contribution in [0.25, 0.3) is 10.6 Å². The van der Waals surface area contributed by atoms with E-state index in [-0.39, 0.29) is 11.6 Å². The van der Waals surface area contributed by atoms with Crippen LogP contribution >= 0.6 is 11.3 Å². The van der Waals surface area contributed by atoms with Gasteiger partial charge in [-0.15, -0.1) is 11.3 Å². The molecular formula is C20H17N3O3S.